The molecule has 0 saturated heterocycles. The summed E-state index contributed by atoms with van der Waals surface area (Å²) in [5.41, 5.74) is 0.942. The van der Waals surface area contributed by atoms with Crippen LogP contribution in [0.15, 0.2) is 23.0 Å². The molecule has 19 heavy (non-hydrogen) atoms. The van der Waals surface area contributed by atoms with Crippen LogP contribution in [0, 0.1) is 5.92 Å². The number of furan rings is 1. The first-order valence-electron chi connectivity index (χ1n) is 7.00. The normalized spacial score (nSPS) is 18.2. The highest BCUT2D eigenvalue weighted by atomic mass is 16.6. The lowest BCUT2D eigenvalue weighted by molar-refractivity contribution is -0.156. The van der Waals surface area contributed by atoms with Crippen molar-refractivity contribution in [3.8, 4) is 0 Å². The fourth-order valence-electron chi connectivity index (χ4n) is 2.66. The van der Waals surface area contributed by atoms with E-state index in [0.29, 0.717) is 12.5 Å². The lowest BCUT2D eigenvalue weighted by Gasteiger charge is -2.25. The van der Waals surface area contributed by atoms with Gasteiger partial charge in [-0.2, -0.15) is 0 Å². The van der Waals surface area contributed by atoms with Gasteiger partial charge >= 0.3 is 5.97 Å². The van der Waals surface area contributed by atoms with E-state index in [4.69, 9.17) is 13.9 Å². The quantitative estimate of drug-likeness (QED) is 0.741. The number of carbonyl (C=O) groups is 1. The average Bonchev–Trinajstić information content (AvgIpc) is 2.97. The van der Waals surface area contributed by atoms with Crippen molar-refractivity contribution < 1.29 is 18.7 Å². The van der Waals surface area contributed by atoms with Gasteiger partial charge in [-0.3, -0.25) is 0 Å². The first-order chi connectivity index (χ1) is 9.29. The van der Waals surface area contributed by atoms with E-state index in [1.807, 2.05) is 6.07 Å². The highest BCUT2D eigenvalue weighted by Gasteiger charge is 2.25. The van der Waals surface area contributed by atoms with Crippen molar-refractivity contribution in [1.82, 2.24) is 0 Å². The van der Waals surface area contributed by atoms with Gasteiger partial charge in [-0.05, 0) is 18.4 Å². The third-order valence-corrected chi connectivity index (χ3v) is 3.77. The zero-order valence-corrected chi connectivity index (χ0v) is 11.5. The summed E-state index contributed by atoms with van der Waals surface area (Å²) >= 11 is 0. The minimum absolute atomic E-state index is 0.269. The van der Waals surface area contributed by atoms with Crippen LogP contribution >= 0.6 is 0 Å². The molecule has 0 bridgehead atoms. The molecule has 1 fully saturated rings. The second kappa shape index (κ2) is 7.34. The number of ether oxygens (including phenoxy) is 2. The summed E-state index contributed by atoms with van der Waals surface area (Å²) in [6.45, 7) is 0.392. The Morgan fingerprint density at radius 3 is 2.84 bits per heavy atom. The van der Waals surface area contributed by atoms with Crippen LogP contribution in [0.4, 0.5) is 0 Å². The first kappa shape index (κ1) is 14.1. The second-order valence-electron chi connectivity index (χ2n) is 5.19. The molecule has 4 nitrogen and oxygen atoms in total. The first-order valence-corrected chi connectivity index (χ1v) is 7.00. The van der Waals surface area contributed by atoms with Crippen LogP contribution in [0.2, 0.25) is 0 Å². The molecule has 1 atom stereocenters. The molecule has 0 aliphatic heterocycles. The number of hydrogen-bond acceptors (Lipinski definition) is 4. The van der Waals surface area contributed by atoms with E-state index in [9.17, 15) is 4.79 Å². The molecule has 0 radical (unpaired) electrons. The molecule has 1 aromatic heterocycles. The van der Waals surface area contributed by atoms with Gasteiger partial charge in [0.05, 0.1) is 26.2 Å². The van der Waals surface area contributed by atoms with Crippen molar-refractivity contribution in [2.45, 2.75) is 51.2 Å². The largest absolute Gasteiger partial charge is 0.472 e. The topological polar surface area (TPSA) is 48.7 Å². The van der Waals surface area contributed by atoms with Crippen molar-refractivity contribution in [3.05, 3.63) is 24.2 Å². The Hall–Kier alpha value is -1.29. The fourth-order valence-corrected chi connectivity index (χ4v) is 2.66. The molecular weight excluding hydrogens is 244 g/mol. The fraction of sp³-hybridized carbons (Fsp3) is 0.667. The van der Waals surface area contributed by atoms with E-state index in [2.05, 4.69) is 0 Å². The van der Waals surface area contributed by atoms with Gasteiger partial charge in [0.2, 0.25) is 0 Å². The van der Waals surface area contributed by atoms with Gasteiger partial charge < -0.3 is 13.9 Å². The Balaban J connectivity index is 1.85. The highest BCUT2D eigenvalue weighted by molar-refractivity contribution is 5.74. The number of rotatable bonds is 6. The van der Waals surface area contributed by atoms with Crippen molar-refractivity contribution in [2.75, 3.05) is 7.11 Å². The molecule has 0 N–H and O–H groups in total. The minimum atomic E-state index is -0.456. The van der Waals surface area contributed by atoms with E-state index in [1.165, 1.54) is 39.2 Å². The Bertz CT molecular complexity index is 366. The predicted octanol–water partition coefficient (Wildman–Crippen LogP) is 3.31. The SMILES string of the molecule is COC(=O)C(CC1CCCCC1)OCc1ccoc1. The molecule has 1 unspecified atom stereocenters. The minimum Gasteiger partial charge on any atom is -0.472 e. The van der Waals surface area contributed by atoms with Crippen LogP contribution < -0.4 is 0 Å². The lowest BCUT2D eigenvalue weighted by Crippen LogP contribution is -2.29. The van der Waals surface area contributed by atoms with E-state index in [-0.39, 0.29) is 5.97 Å². The standard InChI is InChI=1S/C15H22O4/c1-17-15(16)14(9-12-5-3-2-4-6-12)19-11-13-7-8-18-10-13/h7-8,10,12,14H,2-6,9,11H2,1H3. The summed E-state index contributed by atoms with van der Waals surface area (Å²) in [6.07, 6.45) is 9.79. The maximum atomic E-state index is 11.8. The number of methoxy groups -OCH3 is 1. The van der Waals surface area contributed by atoms with Gasteiger partial charge in [-0.1, -0.05) is 32.1 Å². The zero-order valence-electron chi connectivity index (χ0n) is 11.5. The summed E-state index contributed by atoms with van der Waals surface area (Å²) in [6, 6.07) is 1.84. The van der Waals surface area contributed by atoms with E-state index >= 15 is 0 Å². The molecule has 106 valence electrons. The molecule has 1 aromatic rings. The molecule has 1 saturated carbocycles. The van der Waals surface area contributed by atoms with Crippen LogP contribution in [0.1, 0.15) is 44.1 Å². The van der Waals surface area contributed by atoms with Crippen molar-refractivity contribution in [2.24, 2.45) is 5.92 Å². The number of esters is 1. The van der Waals surface area contributed by atoms with Crippen LogP contribution in [0.3, 0.4) is 0 Å². The smallest absolute Gasteiger partial charge is 0.334 e. The third kappa shape index (κ3) is 4.39. The van der Waals surface area contributed by atoms with Gasteiger partial charge in [0, 0.05) is 5.56 Å². The molecule has 1 heterocycles. The van der Waals surface area contributed by atoms with E-state index in [1.54, 1.807) is 12.5 Å². The predicted molar refractivity (Wildman–Crippen MR) is 70.5 cm³/mol. The zero-order chi connectivity index (χ0) is 13.5. The monoisotopic (exact) mass is 266 g/mol. The number of hydrogen-bond donors (Lipinski definition) is 0. The maximum absolute atomic E-state index is 11.8. The number of carbonyl (C=O) groups excluding carboxylic acids is 1. The van der Waals surface area contributed by atoms with Crippen molar-refractivity contribution in [3.63, 3.8) is 0 Å². The second-order valence-corrected chi connectivity index (χ2v) is 5.19. The Morgan fingerprint density at radius 2 is 2.21 bits per heavy atom. The summed E-state index contributed by atoms with van der Waals surface area (Å²) in [5, 5.41) is 0. The summed E-state index contributed by atoms with van der Waals surface area (Å²) < 4.78 is 15.5. The molecule has 0 aromatic carbocycles. The third-order valence-electron chi connectivity index (χ3n) is 3.77. The molecule has 1 aliphatic rings. The molecule has 2 rings (SSSR count). The highest BCUT2D eigenvalue weighted by Crippen LogP contribution is 2.28. The molecular formula is C15H22O4. The van der Waals surface area contributed by atoms with Crippen LogP contribution in [-0.2, 0) is 20.9 Å². The molecule has 0 spiro atoms. The van der Waals surface area contributed by atoms with Gasteiger partial charge in [-0.25, -0.2) is 4.79 Å². The van der Waals surface area contributed by atoms with Crippen LogP contribution in [0.25, 0.3) is 0 Å². The van der Waals surface area contributed by atoms with Gasteiger partial charge in [0.1, 0.15) is 0 Å². The summed E-state index contributed by atoms with van der Waals surface area (Å²) in [4.78, 5) is 11.8. The molecule has 0 amide bonds. The Labute approximate surface area is 114 Å². The van der Waals surface area contributed by atoms with Gasteiger partial charge in [-0.15, -0.1) is 0 Å². The van der Waals surface area contributed by atoms with Crippen LogP contribution in [0.5, 0.6) is 0 Å². The van der Waals surface area contributed by atoms with Gasteiger partial charge in [0.25, 0.3) is 0 Å². The molecule has 1 aliphatic carbocycles. The maximum Gasteiger partial charge on any atom is 0.334 e. The van der Waals surface area contributed by atoms with E-state index in [0.717, 1.165) is 12.0 Å². The Morgan fingerprint density at radius 1 is 1.42 bits per heavy atom. The van der Waals surface area contributed by atoms with Crippen molar-refractivity contribution in [1.29, 1.82) is 0 Å². The average molecular weight is 266 g/mol. The van der Waals surface area contributed by atoms with Gasteiger partial charge in [0.15, 0.2) is 6.10 Å². The molecule has 4 heteroatoms. The van der Waals surface area contributed by atoms with Crippen LogP contribution in [-0.4, -0.2) is 19.2 Å². The lowest BCUT2D eigenvalue weighted by atomic mass is 9.85. The van der Waals surface area contributed by atoms with E-state index < -0.39 is 6.10 Å². The summed E-state index contributed by atoms with van der Waals surface area (Å²) in [5.74, 6) is 0.316. The summed E-state index contributed by atoms with van der Waals surface area (Å²) in [7, 11) is 1.41. The Kier molecular flexibility index (Phi) is 5.45. The van der Waals surface area contributed by atoms with Crippen molar-refractivity contribution >= 4 is 5.97 Å².